The van der Waals surface area contributed by atoms with Crippen LogP contribution < -0.4 is 0 Å². The Labute approximate surface area is 498 Å². The Hall–Kier alpha value is -2.89. The van der Waals surface area contributed by atoms with Crippen LogP contribution in [0, 0.1) is 0 Å². The summed E-state index contributed by atoms with van der Waals surface area (Å²) in [6, 6.07) is 0. The summed E-state index contributed by atoms with van der Waals surface area (Å²) >= 11 is 0. The first-order chi connectivity index (χ1) is 39.5. The summed E-state index contributed by atoms with van der Waals surface area (Å²) in [5.41, 5.74) is 0. The molecule has 0 aliphatic heterocycles. The highest BCUT2D eigenvalue weighted by molar-refractivity contribution is 5.72. The molecule has 0 amide bonds. The molecule has 466 valence electrons. The van der Waals surface area contributed by atoms with E-state index in [2.05, 4.69) is 69.4 Å². The fourth-order valence-corrected chi connectivity index (χ4v) is 10.6. The van der Waals surface area contributed by atoms with Gasteiger partial charge in [-0.25, -0.2) is 0 Å². The van der Waals surface area contributed by atoms with Gasteiger partial charge < -0.3 is 14.2 Å². The second-order valence-corrected chi connectivity index (χ2v) is 23.8. The predicted molar refractivity (Wildman–Crippen MR) is 348 cm³/mol. The van der Waals surface area contributed by atoms with Gasteiger partial charge in [0.1, 0.15) is 13.2 Å². The van der Waals surface area contributed by atoms with Gasteiger partial charge >= 0.3 is 17.9 Å². The molecule has 80 heavy (non-hydrogen) atoms. The van der Waals surface area contributed by atoms with Crippen molar-refractivity contribution in [3.05, 3.63) is 60.8 Å². The Kier molecular flexibility index (Phi) is 66.1. The molecule has 0 spiro atoms. The number of esters is 3. The van der Waals surface area contributed by atoms with Crippen molar-refractivity contribution in [1.29, 1.82) is 0 Å². The fourth-order valence-electron chi connectivity index (χ4n) is 10.6. The number of ether oxygens (including phenoxy) is 3. The number of hydrogen-bond donors (Lipinski definition) is 0. The molecule has 0 bridgehead atoms. The topological polar surface area (TPSA) is 78.9 Å². The smallest absolute Gasteiger partial charge is 0.310 e. The molecule has 0 fully saturated rings. The lowest BCUT2D eigenvalue weighted by Crippen LogP contribution is -2.30. The predicted octanol–water partition coefficient (Wildman–Crippen LogP) is 24.3. The van der Waals surface area contributed by atoms with Crippen molar-refractivity contribution < 1.29 is 28.6 Å². The summed E-state index contributed by atoms with van der Waals surface area (Å²) in [5, 5.41) is 0. The van der Waals surface area contributed by atoms with E-state index in [-0.39, 0.29) is 31.6 Å². The van der Waals surface area contributed by atoms with Gasteiger partial charge in [0, 0.05) is 12.8 Å². The summed E-state index contributed by atoms with van der Waals surface area (Å²) in [4.78, 5) is 38.2. The summed E-state index contributed by atoms with van der Waals surface area (Å²) in [6.45, 7) is 6.50. The Morgan fingerprint density at radius 1 is 0.263 bits per heavy atom. The van der Waals surface area contributed by atoms with E-state index in [4.69, 9.17) is 14.2 Å². The molecule has 0 saturated heterocycles. The van der Waals surface area contributed by atoms with Crippen LogP contribution in [0.2, 0.25) is 0 Å². The zero-order chi connectivity index (χ0) is 57.8. The van der Waals surface area contributed by atoms with Crippen LogP contribution in [0.1, 0.15) is 374 Å². The zero-order valence-electron chi connectivity index (χ0n) is 53.6. The van der Waals surface area contributed by atoms with Crippen LogP contribution in [0.3, 0.4) is 0 Å². The molecule has 0 rings (SSSR count). The number of rotatable bonds is 65. The van der Waals surface area contributed by atoms with Crippen LogP contribution in [0.4, 0.5) is 0 Å². The molecule has 6 nitrogen and oxygen atoms in total. The second-order valence-electron chi connectivity index (χ2n) is 23.8. The normalized spacial score (nSPS) is 12.4. The molecule has 0 aromatic heterocycles. The van der Waals surface area contributed by atoms with Gasteiger partial charge in [-0.05, 0) is 44.9 Å². The summed E-state index contributed by atoms with van der Waals surface area (Å²) in [5.74, 6) is -1.02. The van der Waals surface area contributed by atoms with Gasteiger partial charge in [0.25, 0.3) is 0 Å². The van der Waals surface area contributed by atoms with Gasteiger partial charge in [-0.15, -0.1) is 0 Å². The third kappa shape index (κ3) is 65.9. The van der Waals surface area contributed by atoms with E-state index in [9.17, 15) is 14.4 Å². The summed E-state index contributed by atoms with van der Waals surface area (Å²) in [6.07, 6.45) is 88.8. The molecule has 0 aromatic rings. The maximum Gasteiger partial charge on any atom is 0.310 e. The van der Waals surface area contributed by atoms with Gasteiger partial charge in [-0.2, -0.15) is 0 Å². The number of allylic oxidation sites excluding steroid dienone is 9. The highest BCUT2D eigenvalue weighted by Crippen LogP contribution is 2.19. The van der Waals surface area contributed by atoms with Gasteiger partial charge in [-0.3, -0.25) is 14.4 Å². The van der Waals surface area contributed by atoms with Crippen molar-refractivity contribution in [3.8, 4) is 0 Å². The minimum atomic E-state index is -0.826. The highest BCUT2D eigenvalue weighted by atomic mass is 16.6. The monoisotopic (exact) mass is 1120 g/mol. The summed E-state index contributed by atoms with van der Waals surface area (Å²) < 4.78 is 16.8. The molecule has 6 heteroatoms. The molecule has 0 aliphatic carbocycles. The van der Waals surface area contributed by atoms with E-state index in [0.29, 0.717) is 12.8 Å². The Bertz CT molecular complexity index is 1430. The lowest BCUT2D eigenvalue weighted by atomic mass is 10.0. The molecule has 1 unspecified atom stereocenters. The fraction of sp³-hybridized carbons (Fsp3) is 0.824. The molecule has 0 heterocycles. The van der Waals surface area contributed by atoms with Crippen molar-refractivity contribution in [2.45, 2.75) is 380 Å². The first-order valence-corrected chi connectivity index (χ1v) is 35.3. The Balaban J connectivity index is 4.11. The van der Waals surface area contributed by atoms with Crippen molar-refractivity contribution >= 4 is 17.9 Å². The molecular formula is C74H134O6. The van der Waals surface area contributed by atoms with Gasteiger partial charge in [-0.1, -0.05) is 370 Å². The average Bonchev–Trinajstić information content (AvgIpc) is 3.46. The van der Waals surface area contributed by atoms with Crippen LogP contribution in [0.15, 0.2) is 60.8 Å². The molecule has 0 saturated carbocycles. The lowest BCUT2D eigenvalue weighted by molar-refractivity contribution is -0.166. The Morgan fingerprint density at radius 3 is 0.713 bits per heavy atom. The van der Waals surface area contributed by atoms with Crippen molar-refractivity contribution in [3.63, 3.8) is 0 Å². The van der Waals surface area contributed by atoms with E-state index in [1.165, 1.54) is 263 Å². The van der Waals surface area contributed by atoms with Gasteiger partial charge in [0.15, 0.2) is 6.10 Å². The number of carbonyl (C=O) groups is 3. The molecule has 0 radical (unpaired) electrons. The average molecular weight is 1120 g/mol. The number of unbranched alkanes of at least 4 members (excludes halogenated alkanes) is 45. The van der Waals surface area contributed by atoms with Crippen molar-refractivity contribution in [2.75, 3.05) is 13.2 Å². The minimum Gasteiger partial charge on any atom is -0.462 e. The highest BCUT2D eigenvalue weighted by Gasteiger charge is 2.19. The van der Waals surface area contributed by atoms with E-state index in [0.717, 1.165) is 70.6 Å². The van der Waals surface area contributed by atoms with Crippen LogP contribution in [-0.4, -0.2) is 37.2 Å². The van der Waals surface area contributed by atoms with Crippen molar-refractivity contribution in [1.82, 2.24) is 0 Å². The number of hydrogen-bond acceptors (Lipinski definition) is 6. The molecule has 0 N–H and O–H groups in total. The number of carbonyl (C=O) groups excluding carboxylic acids is 3. The summed E-state index contributed by atoms with van der Waals surface area (Å²) in [7, 11) is 0. The Morgan fingerprint density at radius 2 is 0.475 bits per heavy atom. The maximum absolute atomic E-state index is 12.8. The van der Waals surface area contributed by atoms with Crippen LogP contribution in [-0.2, 0) is 28.6 Å². The molecule has 1 atom stereocenters. The first-order valence-electron chi connectivity index (χ1n) is 35.3. The zero-order valence-corrected chi connectivity index (χ0v) is 53.6. The SMILES string of the molecule is CC/C=C\C/C=C\C/C=C\C/C=C\C/C=C\CC(=O)OC(COC(=O)CCCCCCCCCCCCCCC)COC(=O)CCCCCCCCCCCCCCCCCCCCCCCCCCCCCCCCCCCC. The minimum absolute atomic E-state index is 0.102. The second kappa shape index (κ2) is 68.6. The van der Waals surface area contributed by atoms with E-state index >= 15 is 0 Å². The first kappa shape index (κ1) is 77.1. The third-order valence-corrected chi connectivity index (χ3v) is 15.8. The van der Waals surface area contributed by atoms with Crippen LogP contribution in [0.5, 0.6) is 0 Å². The van der Waals surface area contributed by atoms with Gasteiger partial charge in [0.2, 0.25) is 0 Å². The molecule has 0 aromatic carbocycles. The van der Waals surface area contributed by atoms with Crippen molar-refractivity contribution in [2.24, 2.45) is 0 Å². The van der Waals surface area contributed by atoms with Gasteiger partial charge in [0.05, 0.1) is 6.42 Å². The maximum atomic E-state index is 12.8. The van der Waals surface area contributed by atoms with E-state index in [1.54, 1.807) is 6.08 Å². The largest absolute Gasteiger partial charge is 0.462 e. The molecular weight excluding hydrogens is 985 g/mol. The molecule has 0 aliphatic rings. The quantitative estimate of drug-likeness (QED) is 0.0261. The lowest BCUT2D eigenvalue weighted by Gasteiger charge is -2.18. The standard InChI is InChI=1S/C74H134O6/c1-4-7-10-13-16-19-22-25-27-28-29-30-31-32-33-34-35-36-37-38-39-40-41-42-43-44-45-47-49-52-55-58-61-64-67-73(76)79-70-71(69-78-72(75)66-63-60-57-54-51-48-24-21-18-15-12-9-6-3)80-74(77)68-65-62-59-56-53-50-46-26-23-20-17-14-11-8-5-2/h8,11,17,20,26,46,53,56,62,65,71H,4-7,9-10,12-16,18-19,21-25,27-45,47-52,54-55,57-61,63-64,66-70H2,1-3H3/b11-8-,20-17-,46-26-,56-53-,65-62-. The third-order valence-electron chi connectivity index (χ3n) is 15.8. The van der Waals surface area contributed by atoms with E-state index < -0.39 is 12.1 Å². The van der Waals surface area contributed by atoms with Crippen LogP contribution in [0.25, 0.3) is 0 Å². The van der Waals surface area contributed by atoms with E-state index in [1.807, 2.05) is 6.08 Å². The van der Waals surface area contributed by atoms with Crippen LogP contribution >= 0.6 is 0 Å².